The molecule has 1 aromatic heterocycles. The number of carbonyl (C=O) groups is 1. The van der Waals surface area contributed by atoms with E-state index in [2.05, 4.69) is 37.0 Å². The number of aromatic nitrogens is 1. The van der Waals surface area contributed by atoms with Gasteiger partial charge in [0.1, 0.15) is 5.15 Å². The van der Waals surface area contributed by atoms with Crippen molar-refractivity contribution in [3.8, 4) is 0 Å². The summed E-state index contributed by atoms with van der Waals surface area (Å²) in [5, 5.41) is 1.53. The van der Waals surface area contributed by atoms with E-state index in [1.807, 2.05) is 4.90 Å². The molecule has 0 unspecified atom stereocenters. The number of amides is 1. The van der Waals surface area contributed by atoms with Crippen molar-refractivity contribution in [3.05, 3.63) is 40.0 Å². The molecule has 0 bridgehead atoms. The Hall–Kier alpha value is -1.69. The van der Waals surface area contributed by atoms with Crippen LogP contribution in [-0.2, 0) is 20.8 Å². The number of hydrogen-bond acceptors (Lipinski definition) is 4. The number of carbonyl (C=O) groups excluding carboxylic acids is 1. The SMILES string of the molecule is Cc1cc(C)c2nc(Cl)c(CN(C[C@H]3COCCO3)C(=O)C3CCCCC3)cc2c1. The number of benzene rings is 1. The van der Waals surface area contributed by atoms with E-state index in [4.69, 9.17) is 21.1 Å². The number of aryl methyl sites for hydroxylation is 2. The molecule has 1 saturated carbocycles. The molecule has 1 aliphatic carbocycles. The van der Waals surface area contributed by atoms with Crippen LogP contribution in [0.1, 0.15) is 48.8 Å². The van der Waals surface area contributed by atoms with Gasteiger partial charge in [-0.05, 0) is 44.4 Å². The predicted octanol–water partition coefficient (Wildman–Crippen LogP) is 4.83. The molecule has 2 aliphatic rings. The lowest BCUT2D eigenvalue weighted by atomic mass is 9.88. The highest BCUT2D eigenvalue weighted by molar-refractivity contribution is 6.30. The molecule has 0 N–H and O–H groups in total. The zero-order valence-electron chi connectivity index (χ0n) is 18.0. The molecular formula is C24H31ClN2O3. The lowest BCUT2D eigenvalue weighted by Crippen LogP contribution is -2.45. The standard InChI is InChI=1S/C24H31ClN2O3/c1-16-10-17(2)22-19(11-16)12-20(23(25)26-22)13-27(14-21-15-29-8-9-30-21)24(28)18-6-4-3-5-7-18/h10-12,18,21H,3-9,13-15H2,1-2H3/t21-/m0/s1. The zero-order valence-corrected chi connectivity index (χ0v) is 18.7. The van der Waals surface area contributed by atoms with Gasteiger partial charge in [-0.3, -0.25) is 4.79 Å². The normalized spacial score (nSPS) is 20.4. The average Bonchev–Trinajstić information content (AvgIpc) is 2.75. The van der Waals surface area contributed by atoms with E-state index in [9.17, 15) is 4.79 Å². The van der Waals surface area contributed by atoms with Gasteiger partial charge in [0, 0.05) is 30.0 Å². The van der Waals surface area contributed by atoms with Crippen LogP contribution in [0.3, 0.4) is 0 Å². The lowest BCUT2D eigenvalue weighted by Gasteiger charge is -2.33. The van der Waals surface area contributed by atoms with Crippen LogP contribution in [0, 0.1) is 19.8 Å². The van der Waals surface area contributed by atoms with Gasteiger partial charge in [0.25, 0.3) is 0 Å². The number of nitrogens with zero attached hydrogens (tertiary/aromatic N) is 2. The highest BCUT2D eigenvalue weighted by Gasteiger charge is 2.29. The van der Waals surface area contributed by atoms with E-state index in [-0.39, 0.29) is 17.9 Å². The van der Waals surface area contributed by atoms with Crippen LogP contribution in [0.5, 0.6) is 0 Å². The van der Waals surface area contributed by atoms with Crippen molar-refractivity contribution in [1.82, 2.24) is 9.88 Å². The number of pyridine rings is 1. The van der Waals surface area contributed by atoms with E-state index in [0.29, 0.717) is 38.1 Å². The first kappa shape index (κ1) is 21.5. The van der Waals surface area contributed by atoms with Crippen molar-refractivity contribution in [2.45, 2.75) is 58.6 Å². The molecule has 1 atom stereocenters. The largest absolute Gasteiger partial charge is 0.376 e. The van der Waals surface area contributed by atoms with Crippen LogP contribution in [0.4, 0.5) is 0 Å². The first-order chi connectivity index (χ1) is 14.5. The lowest BCUT2D eigenvalue weighted by molar-refractivity contribution is -0.144. The van der Waals surface area contributed by atoms with Crippen LogP contribution in [0.25, 0.3) is 10.9 Å². The van der Waals surface area contributed by atoms with Gasteiger partial charge in [-0.25, -0.2) is 4.98 Å². The van der Waals surface area contributed by atoms with Crippen LogP contribution >= 0.6 is 11.6 Å². The minimum Gasteiger partial charge on any atom is -0.376 e. The summed E-state index contributed by atoms with van der Waals surface area (Å²) in [6.45, 7) is 6.83. The van der Waals surface area contributed by atoms with Gasteiger partial charge in [0.15, 0.2) is 0 Å². The molecule has 162 valence electrons. The molecule has 2 aromatic rings. The molecule has 1 aliphatic heterocycles. The maximum absolute atomic E-state index is 13.4. The monoisotopic (exact) mass is 430 g/mol. The second-order valence-corrected chi connectivity index (χ2v) is 9.07. The van der Waals surface area contributed by atoms with Gasteiger partial charge in [0.05, 0.1) is 31.4 Å². The first-order valence-electron chi connectivity index (χ1n) is 11.1. The molecule has 6 heteroatoms. The summed E-state index contributed by atoms with van der Waals surface area (Å²) in [5.74, 6) is 0.306. The van der Waals surface area contributed by atoms with Crippen molar-refractivity contribution in [2.24, 2.45) is 5.92 Å². The van der Waals surface area contributed by atoms with Gasteiger partial charge in [0.2, 0.25) is 5.91 Å². The van der Waals surface area contributed by atoms with Crippen molar-refractivity contribution in [1.29, 1.82) is 0 Å². The van der Waals surface area contributed by atoms with Crippen molar-refractivity contribution < 1.29 is 14.3 Å². The zero-order chi connectivity index (χ0) is 21.1. The minimum atomic E-state index is -0.0945. The maximum Gasteiger partial charge on any atom is 0.226 e. The topological polar surface area (TPSA) is 51.7 Å². The molecule has 5 nitrogen and oxygen atoms in total. The van der Waals surface area contributed by atoms with E-state index in [1.165, 1.54) is 12.0 Å². The number of ether oxygens (including phenoxy) is 2. The first-order valence-corrected chi connectivity index (χ1v) is 11.4. The third kappa shape index (κ3) is 4.96. The summed E-state index contributed by atoms with van der Waals surface area (Å²) in [6, 6.07) is 6.33. The van der Waals surface area contributed by atoms with Crippen molar-refractivity contribution >= 4 is 28.4 Å². The number of hydrogen-bond donors (Lipinski definition) is 0. The summed E-state index contributed by atoms with van der Waals surface area (Å²) < 4.78 is 11.4. The highest BCUT2D eigenvalue weighted by Crippen LogP contribution is 2.29. The summed E-state index contributed by atoms with van der Waals surface area (Å²) in [5.41, 5.74) is 4.11. The summed E-state index contributed by atoms with van der Waals surface area (Å²) in [4.78, 5) is 20.0. The second kappa shape index (κ2) is 9.63. The Kier molecular flexibility index (Phi) is 6.91. The molecule has 30 heavy (non-hydrogen) atoms. The molecule has 0 spiro atoms. The van der Waals surface area contributed by atoms with Gasteiger partial charge < -0.3 is 14.4 Å². The van der Waals surface area contributed by atoms with Crippen molar-refractivity contribution in [3.63, 3.8) is 0 Å². The molecule has 0 radical (unpaired) electrons. The third-order valence-electron chi connectivity index (χ3n) is 6.22. The van der Waals surface area contributed by atoms with Crippen LogP contribution in [-0.4, -0.2) is 48.3 Å². The fraction of sp³-hybridized carbons (Fsp3) is 0.583. The Morgan fingerprint density at radius 3 is 2.70 bits per heavy atom. The van der Waals surface area contributed by atoms with E-state index in [1.54, 1.807) is 0 Å². The van der Waals surface area contributed by atoms with Crippen LogP contribution < -0.4 is 0 Å². The minimum absolute atomic E-state index is 0.0945. The summed E-state index contributed by atoms with van der Waals surface area (Å²) in [6.07, 6.45) is 5.33. The smallest absolute Gasteiger partial charge is 0.226 e. The fourth-order valence-electron chi connectivity index (χ4n) is 4.72. The fourth-order valence-corrected chi connectivity index (χ4v) is 4.92. The number of rotatable bonds is 5. The maximum atomic E-state index is 13.4. The van der Waals surface area contributed by atoms with Gasteiger partial charge in [-0.1, -0.05) is 42.5 Å². The van der Waals surface area contributed by atoms with Crippen molar-refractivity contribution in [2.75, 3.05) is 26.4 Å². The Morgan fingerprint density at radius 2 is 1.97 bits per heavy atom. The van der Waals surface area contributed by atoms with Crippen LogP contribution in [0.2, 0.25) is 5.15 Å². The average molecular weight is 431 g/mol. The Balaban J connectivity index is 1.61. The Labute approximate surface area is 183 Å². The molecule has 1 amide bonds. The Morgan fingerprint density at radius 1 is 1.17 bits per heavy atom. The van der Waals surface area contributed by atoms with E-state index < -0.39 is 0 Å². The molecule has 2 fully saturated rings. The Bertz CT molecular complexity index is 905. The molecule has 4 rings (SSSR count). The van der Waals surface area contributed by atoms with Gasteiger partial charge >= 0.3 is 0 Å². The predicted molar refractivity (Wildman–Crippen MR) is 119 cm³/mol. The van der Waals surface area contributed by atoms with E-state index >= 15 is 0 Å². The van der Waals surface area contributed by atoms with Crippen LogP contribution in [0.15, 0.2) is 18.2 Å². The summed E-state index contributed by atoms with van der Waals surface area (Å²) in [7, 11) is 0. The quantitative estimate of drug-likeness (QED) is 0.637. The molecule has 1 aromatic carbocycles. The van der Waals surface area contributed by atoms with Gasteiger partial charge in [-0.15, -0.1) is 0 Å². The number of fused-ring (bicyclic) bond motifs is 1. The second-order valence-electron chi connectivity index (χ2n) is 8.71. The highest BCUT2D eigenvalue weighted by atomic mass is 35.5. The molecule has 1 saturated heterocycles. The van der Waals surface area contributed by atoms with E-state index in [0.717, 1.165) is 47.7 Å². The molecule has 2 heterocycles. The number of halogens is 1. The summed E-state index contributed by atoms with van der Waals surface area (Å²) >= 11 is 6.59. The third-order valence-corrected chi connectivity index (χ3v) is 6.54. The van der Waals surface area contributed by atoms with Gasteiger partial charge in [-0.2, -0.15) is 0 Å². The molecular weight excluding hydrogens is 400 g/mol.